The summed E-state index contributed by atoms with van der Waals surface area (Å²) in [5.41, 5.74) is -0.767. The maximum absolute atomic E-state index is 13.1. The second-order valence-electron chi connectivity index (χ2n) is 5.64. The third-order valence-electron chi connectivity index (χ3n) is 3.92. The first kappa shape index (κ1) is 18.4. The van der Waals surface area contributed by atoms with Crippen LogP contribution in [0.25, 0.3) is 0 Å². The summed E-state index contributed by atoms with van der Waals surface area (Å²) >= 11 is 3.26. The molecule has 0 unspecified atom stereocenters. The molecule has 1 aliphatic heterocycles. The van der Waals surface area contributed by atoms with Crippen LogP contribution in [0.5, 0.6) is 0 Å². The second kappa shape index (κ2) is 7.48. The van der Waals surface area contributed by atoms with Crippen LogP contribution in [0.4, 0.5) is 29.6 Å². The average molecular weight is 430 g/mol. The molecule has 26 heavy (non-hydrogen) atoms. The molecule has 138 valence electrons. The summed E-state index contributed by atoms with van der Waals surface area (Å²) < 4.78 is 40.2. The molecule has 2 aromatic heterocycles. The molecule has 0 spiro atoms. The fraction of sp³-hybridized carbons (Fsp3) is 0.312. The summed E-state index contributed by atoms with van der Waals surface area (Å²) in [7, 11) is 0. The van der Waals surface area contributed by atoms with E-state index in [1.54, 1.807) is 23.2 Å². The van der Waals surface area contributed by atoms with Crippen LogP contribution in [0, 0.1) is 0 Å². The largest absolute Gasteiger partial charge is 0.419 e. The molecular weight excluding hydrogens is 415 g/mol. The van der Waals surface area contributed by atoms with Crippen LogP contribution >= 0.6 is 15.9 Å². The molecule has 3 heterocycles. The average Bonchev–Trinajstić information content (AvgIpc) is 2.63. The highest BCUT2D eigenvalue weighted by molar-refractivity contribution is 9.10. The molecule has 2 amide bonds. The van der Waals surface area contributed by atoms with E-state index >= 15 is 0 Å². The van der Waals surface area contributed by atoms with Crippen molar-refractivity contribution in [1.82, 2.24) is 14.9 Å². The van der Waals surface area contributed by atoms with Gasteiger partial charge in [0.2, 0.25) is 0 Å². The van der Waals surface area contributed by atoms with Gasteiger partial charge in [0.15, 0.2) is 0 Å². The van der Waals surface area contributed by atoms with E-state index in [2.05, 4.69) is 31.2 Å². The van der Waals surface area contributed by atoms with Gasteiger partial charge >= 0.3 is 12.2 Å². The predicted molar refractivity (Wildman–Crippen MR) is 94.0 cm³/mol. The summed E-state index contributed by atoms with van der Waals surface area (Å²) in [5, 5.41) is 2.67. The number of piperazine rings is 1. The van der Waals surface area contributed by atoms with E-state index in [1.807, 2.05) is 0 Å². The summed E-state index contributed by atoms with van der Waals surface area (Å²) in [5.74, 6) is 0.305. The Morgan fingerprint density at radius 3 is 2.46 bits per heavy atom. The summed E-state index contributed by atoms with van der Waals surface area (Å²) in [6.45, 7) is 1.11. The van der Waals surface area contributed by atoms with Crippen LogP contribution in [0.15, 0.2) is 41.1 Å². The van der Waals surface area contributed by atoms with Crippen molar-refractivity contribution in [2.75, 3.05) is 36.4 Å². The molecule has 0 atom stereocenters. The number of hydrogen-bond acceptors (Lipinski definition) is 4. The minimum atomic E-state index is -4.47. The third kappa shape index (κ3) is 4.24. The maximum atomic E-state index is 13.1. The lowest BCUT2D eigenvalue weighted by Gasteiger charge is -2.36. The van der Waals surface area contributed by atoms with Gasteiger partial charge in [-0.25, -0.2) is 14.8 Å². The highest BCUT2D eigenvalue weighted by Crippen LogP contribution is 2.35. The molecule has 0 saturated carbocycles. The number of nitrogens with one attached hydrogen (secondary N) is 1. The van der Waals surface area contributed by atoms with Crippen molar-refractivity contribution < 1.29 is 18.0 Å². The first-order chi connectivity index (χ1) is 12.3. The topological polar surface area (TPSA) is 61.4 Å². The van der Waals surface area contributed by atoms with Gasteiger partial charge in [-0.05, 0) is 40.2 Å². The summed E-state index contributed by atoms with van der Waals surface area (Å²) in [6.07, 6.45) is -1.57. The highest BCUT2D eigenvalue weighted by atomic mass is 79.9. The van der Waals surface area contributed by atoms with Crippen molar-refractivity contribution in [3.8, 4) is 0 Å². The van der Waals surface area contributed by atoms with Crippen LogP contribution in [0.1, 0.15) is 5.56 Å². The maximum Gasteiger partial charge on any atom is 0.419 e. The quantitative estimate of drug-likeness (QED) is 0.791. The number of nitrogens with zero attached hydrogens (tertiary/aromatic N) is 4. The van der Waals surface area contributed by atoms with E-state index in [1.165, 1.54) is 17.2 Å². The molecule has 1 saturated heterocycles. The Balaban J connectivity index is 1.63. The van der Waals surface area contributed by atoms with E-state index in [0.717, 1.165) is 10.5 Å². The number of carbonyl (C=O) groups excluding carboxylic acids is 1. The van der Waals surface area contributed by atoms with Gasteiger partial charge in [-0.1, -0.05) is 0 Å². The van der Waals surface area contributed by atoms with Gasteiger partial charge < -0.3 is 9.80 Å². The Bertz CT molecular complexity index is 776. The minimum Gasteiger partial charge on any atom is -0.353 e. The van der Waals surface area contributed by atoms with Gasteiger partial charge in [0.25, 0.3) is 0 Å². The Hall–Kier alpha value is -2.36. The smallest absolute Gasteiger partial charge is 0.353 e. The number of anilines is 2. The predicted octanol–water partition coefficient (Wildman–Crippen LogP) is 3.61. The van der Waals surface area contributed by atoms with Crippen LogP contribution in [-0.4, -0.2) is 47.1 Å². The standard InChI is InChI=1S/C16H15BrF3N5O/c17-11-3-4-13(22-10-11)23-15(26)25-8-6-24(7-9-25)14-12(16(18,19)20)2-1-5-21-14/h1-5,10H,6-9H2,(H,22,23,26). The zero-order valence-electron chi connectivity index (χ0n) is 13.5. The summed E-state index contributed by atoms with van der Waals surface area (Å²) in [4.78, 5) is 23.3. The molecule has 3 rings (SSSR count). The number of halogens is 4. The van der Waals surface area contributed by atoms with E-state index < -0.39 is 11.7 Å². The molecule has 1 fully saturated rings. The van der Waals surface area contributed by atoms with Gasteiger partial charge in [-0.3, -0.25) is 5.32 Å². The fourth-order valence-corrected chi connectivity index (χ4v) is 2.86. The van der Waals surface area contributed by atoms with Crippen molar-refractivity contribution in [2.45, 2.75) is 6.18 Å². The van der Waals surface area contributed by atoms with Crippen molar-refractivity contribution in [3.63, 3.8) is 0 Å². The van der Waals surface area contributed by atoms with E-state index in [4.69, 9.17) is 0 Å². The number of alkyl halides is 3. The second-order valence-corrected chi connectivity index (χ2v) is 6.55. The number of carbonyl (C=O) groups is 1. The van der Waals surface area contributed by atoms with Crippen molar-refractivity contribution >= 4 is 33.6 Å². The Kier molecular flexibility index (Phi) is 5.30. The molecule has 10 heteroatoms. The lowest BCUT2D eigenvalue weighted by atomic mass is 10.2. The minimum absolute atomic E-state index is 0.102. The summed E-state index contributed by atoms with van der Waals surface area (Å²) in [6, 6.07) is 5.35. The van der Waals surface area contributed by atoms with Crippen molar-refractivity contribution in [1.29, 1.82) is 0 Å². The number of pyridine rings is 2. The number of amides is 2. The number of urea groups is 1. The van der Waals surface area contributed by atoms with Crippen LogP contribution in [0.3, 0.4) is 0 Å². The van der Waals surface area contributed by atoms with E-state index in [-0.39, 0.29) is 38.0 Å². The van der Waals surface area contributed by atoms with E-state index in [0.29, 0.717) is 5.82 Å². The fourth-order valence-electron chi connectivity index (χ4n) is 2.63. The molecule has 2 aromatic rings. The van der Waals surface area contributed by atoms with Gasteiger partial charge in [0.1, 0.15) is 11.6 Å². The lowest BCUT2D eigenvalue weighted by Crippen LogP contribution is -2.50. The SMILES string of the molecule is O=C(Nc1ccc(Br)cn1)N1CCN(c2ncccc2C(F)(F)F)CC1. The molecule has 1 aliphatic rings. The first-order valence-corrected chi connectivity index (χ1v) is 8.58. The highest BCUT2D eigenvalue weighted by Gasteiger charge is 2.36. The van der Waals surface area contributed by atoms with E-state index in [9.17, 15) is 18.0 Å². The molecule has 6 nitrogen and oxygen atoms in total. The Morgan fingerprint density at radius 1 is 1.12 bits per heavy atom. The molecular formula is C16H15BrF3N5O. The normalized spacial score (nSPS) is 15.1. The van der Waals surface area contributed by atoms with Crippen LogP contribution < -0.4 is 10.2 Å². The van der Waals surface area contributed by atoms with Gasteiger partial charge in [0, 0.05) is 43.0 Å². The lowest BCUT2D eigenvalue weighted by molar-refractivity contribution is -0.137. The van der Waals surface area contributed by atoms with Gasteiger partial charge in [-0.2, -0.15) is 13.2 Å². The van der Waals surface area contributed by atoms with Gasteiger partial charge in [0.05, 0.1) is 5.56 Å². The first-order valence-electron chi connectivity index (χ1n) is 7.79. The molecule has 0 aromatic carbocycles. The molecule has 1 N–H and O–H groups in total. The Labute approximate surface area is 156 Å². The number of aromatic nitrogens is 2. The zero-order chi connectivity index (χ0) is 18.7. The zero-order valence-corrected chi connectivity index (χ0v) is 15.1. The molecule has 0 aliphatic carbocycles. The Morgan fingerprint density at radius 2 is 1.85 bits per heavy atom. The van der Waals surface area contributed by atoms with Gasteiger partial charge in [-0.15, -0.1) is 0 Å². The third-order valence-corrected chi connectivity index (χ3v) is 4.39. The molecule has 0 radical (unpaired) electrons. The monoisotopic (exact) mass is 429 g/mol. The number of hydrogen-bond donors (Lipinski definition) is 1. The number of rotatable bonds is 2. The van der Waals surface area contributed by atoms with Crippen LogP contribution in [-0.2, 0) is 6.18 Å². The van der Waals surface area contributed by atoms with Crippen molar-refractivity contribution in [2.24, 2.45) is 0 Å². The van der Waals surface area contributed by atoms with Crippen LogP contribution in [0.2, 0.25) is 0 Å². The molecule has 0 bridgehead atoms. The van der Waals surface area contributed by atoms with Crippen molar-refractivity contribution in [3.05, 3.63) is 46.7 Å².